The van der Waals surface area contributed by atoms with Crippen LogP contribution in [0.3, 0.4) is 0 Å². The fourth-order valence-electron chi connectivity index (χ4n) is 3.43. The van der Waals surface area contributed by atoms with E-state index in [-0.39, 0.29) is 32.0 Å². The number of nitrogens with two attached hydrogens (primary N) is 1. The van der Waals surface area contributed by atoms with Gasteiger partial charge >= 0.3 is 6.18 Å². The highest BCUT2D eigenvalue weighted by Gasteiger charge is 2.47. The van der Waals surface area contributed by atoms with Crippen molar-refractivity contribution in [1.82, 2.24) is 14.3 Å². The Hall–Kier alpha value is -2.54. The molecular weight excluding hydrogens is 463 g/mol. The monoisotopic (exact) mass is 491 g/mol. The summed E-state index contributed by atoms with van der Waals surface area (Å²) in [6, 6.07) is 3.36. The summed E-state index contributed by atoms with van der Waals surface area (Å²) in [7, 11) is -0.820. The van der Waals surface area contributed by atoms with Crippen LogP contribution in [0.15, 0.2) is 12.1 Å². The van der Waals surface area contributed by atoms with E-state index in [4.69, 9.17) is 15.2 Å². The van der Waals surface area contributed by atoms with Gasteiger partial charge in [0, 0.05) is 37.6 Å². The highest BCUT2D eigenvalue weighted by molar-refractivity contribution is 7.89. The van der Waals surface area contributed by atoms with Gasteiger partial charge in [-0.25, -0.2) is 13.4 Å². The minimum atomic E-state index is -4.47. The lowest BCUT2D eigenvalue weighted by Crippen LogP contribution is -2.50. The van der Waals surface area contributed by atoms with E-state index in [1.54, 1.807) is 17.0 Å². The third-order valence-electron chi connectivity index (χ3n) is 5.89. The van der Waals surface area contributed by atoms with Crippen LogP contribution in [0.2, 0.25) is 0 Å². The molecule has 0 unspecified atom stereocenters. The lowest BCUT2D eigenvalue weighted by atomic mass is 9.90. The van der Waals surface area contributed by atoms with Gasteiger partial charge < -0.3 is 20.1 Å². The Kier molecular flexibility index (Phi) is 6.85. The van der Waals surface area contributed by atoms with Crippen molar-refractivity contribution < 1.29 is 31.1 Å². The molecule has 13 heteroatoms. The second-order valence-electron chi connectivity index (χ2n) is 8.47. The Morgan fingerprint density at radius 1 is 1.03 bits per heavy atom. The number of piperazine rings is 1. The van der Waals surface area contributed by atoms with E-state index in [9.17, 15) is 21.6 Å². The molecule has 0 atom stereocenters. The minimum absolute atomic E-state index is 0.113. The van der Waals surface area contributed by atoms with Gasteiger partial charge in [-0.15, -0.1) is 0 Å². The van der Waals surface area contributed by atoms with Gasteiger partial charge in [0.1, 0.15) is 5.82 Å². The maximum Gasteiger partial charge on any atom is 0.394 e. The maximum absolute atomic E-state index is 13.1. The number of hydrogen-bond acceptors (Lipinski definition) is 8. The third kappa shape index (κ3) is 5.18. The fourth-order valence-corrected chi connectivity index (χ4v) is 5.18. The van der Waals surface area contributed by atoms with Crippen molar-refractivity contribution in [1.29, 1.82) is 0 Å². The molecule has 0 radical (unpaired) electrons. The van der Waals surface area contributed by atoms with Gasteiger partial charge in [-0.05, 0) is 12.5 Å². The van der Waals surface area contributed by atoms with Crippen LogP contribution in [0, 0.1) is 5.41 Å². The molecule has 0 aliphatic carbocycles. The zero-order valence-corrected chi connectivity index (χ0v) is 19.8. The first-order valence-electron chi connectivity index (χ1n) is 10.3. The molecule has 9 nitrogen and oxygen atoms in total. The Labute approximate surface area is 190 Å². The first-order valence-corrected chi connectivity index (χ1v) is 11.9. The number of fused-ring (bicyclic) bond motifs is 1. The molecule has 0 saturated carbocycles. The van der Waals surface area contributed by atoms with Crippen molar-refractivity contribution in [2.45, 2.75) is 26.4 Å². The standard InChI is InChI=1S/C20H28F3N5O4S/c1-19(2,20(21,22)23)5-10-33(29,30)28-8-6-27(7-9-28)18-25-14-12-16(32-4)15(31-3)11-13(14)17(24)26-18/h11-12H,5-10H2,1-4H3,(H2,24,25,26). The molecule has 2 N–H and O–H groups in total. The fraction of sp³-hybridized carbons (Fsp3) is 0.600. The van der Waals surface area contributed by atoms with Crippen LogP contribution in [0.5, 0.6) is 11.5 Å². The molecule has 0 bridgehead atoms. The van der Waals surface area contributed by atoms with Crippen molar-refractivity contribution in [2.24, 2.45) is 5.41 Å². The number of halogens is 3. The molecule has 1 fully saturated rings. The van der Waals surface area contributed by atoms with Gasteiger partial charge in [0.05, 0.1) is 30.9 Å². The number of sulfonamides is 1. The molecular formula is C20H28F3N5O4S. The number of methoxy groups -OCH3 is 2. The van der Waals surface area contributed by atoms with Gasteiger partial charge in [-0.3, -0.25) is 0 Å². The van der Waals surface area contributed by atoms with E-state index in [0.717, 1.165) is 13.8 Å². The average molecular weight is 492 g/mol. The van der Waals surface area contributed by atoms with Gasteiger partial charge in [0.15, 0.2) is 11.5 Å². The lowest BCUT2D eigenvalue weighted by molar-refractivity contribution is -0.212. The van der Waals surface area contributed by atoms with E-state index in [2.05, 4.69) is 9.97 Å². The van der Waals surface area contributed by atoms with E-state index in [1.165, 1.54) is 18.5 Å². The van der Waals surface area contributed by atoms with E-state index >= 15 is 0 Å². The summed E-state index contributed by atoms with van der Waals surface area (Å²) in [6.07, 6.45) is -4.98. The van der Waals surface area contributed by atoms with Crippen LogP contribution in [0.1, 0.15) is 20.3 Å². The number of benzene rings is 1. The van der Waals surface area contributed by atoms with Gasteiger partial charge in [0.2, 0.25) is 16.0 Å². The summed E-state index contributed by atoms with van der Waals surface area (Å²) >= 11 is 0. The van der Waals surface area contributed by atoms with Crippen molar-refractivity contribution in [2.75, 3.05) is 56.8 Å². The smallest absolute Gasteiger partial charge is 0.394 e. The van der Waals surface area contributed by atoms with Crippen LogP contribution in [0.4, 0.5) is 24.9 Å². The molecule has 33 heavy (non-hydrogen) atoms. The molecule has 1 aromatic carbocycles. The van der Waals surface area contributed by atoms with Crippen LogP contribution in [-0.4, -0.2) is 75.0 Å². The van der Waals surface area contributed by atoms with Gasteiger partial charge in [0.25, 0.3) is 0 Å². The maximum atomic E-state index is 13.1. The number of hydrogen-bond donors (Lipinski definition) is 1. The number of nitrogens with zero attached hydrogens (tertiary/aromatic N) is 4. The van der Waals surface area contributed by atoms with Crippen LogP contribution >= 0.6 is 0 Å². The summed E-state index contributed by atoms with van der Waals surface area (Å²) < 4.78 is 76.3. The Morgan fingerprint density at radius 3 is 2.15 bits per heavy atom. The highest BCUT2D eigenvalue weighted by atomic mass is 32.2. The lowest BCUT2D eigenvalue weighted by Gasteiger charge is -2.35. The van der Waals surface area contributed by atoms with Crippen molar-refractivity contribution >= 4 is 32.7 Å². The second-order valence-corrected chi connectivity index (χ2v) is 10.6. The normalized spacial score (nSPS) is 16.3. The van der Waals surface area contributed by atoms with E-state index < -0.39 is 33.8 Å². The Bertz CT molecular complexity index is 1120. The predicted octanol–water partition coefficient (Wildman–Crippen LogP) is 2.66. The summed E-state index contributed by atoms with van der Waals surface area (Å²) in [6.45, 7) is 2.79. The molecule has 2 heterocycles. The first kappa shape index (κ1) is 25.1. The number of anilines is 2. The zero-order valence-electron chi connectivity index (χ0n) is 18.9. The molecule has 0 spiro atoms. The minimum Gasteiger partial charge on any atom is -0.493 e. The highest BCUT2D eigenvalue weighted by Crippen LogP contribution is 2.40. The molecule has 0 amide bonds. The summed E-state index contributed by atoms with van der Waals surface area (Å²) in [5.41, 5.74) is 4.58. The Morgan fingerprint density at radius 2 is 1.61 bits per heavy atom. The van der Waals surface area contributed by atoms with Crippen LogP contribution in [0.25, 0.3) is 10.9 Å². The Balaban J connectivity index is 1.72. The summed E-state index contributed by atoms with van der Waals surface area (Å²) in [5, 5.41) is 0.588. The van der Waals surface area contributed by atoms with Gasteiger partial charge in [-0.1, -0.05) is 13.8 Å². The third-order valence-corrected chi connectivity index (χ3v) is 7.76. The topological polar surface area (TPSA) is 111 Å². The van der Waals surface area contributed by atoms with E-state index in [1.807, 2.05) is 0 Å². The molecule has 2 aromatic rings. The molecule has 1 aliphatic heterocycles. The molecule has 1 aromatic heterocycles. The van der Waals surface area contributed by atoms with Crippen molar-refractivity contribution in [3.8, 4) is 11.5 Å². The van der Waals surface area contributed by atoms with Crippen LogP contribution in [-0.2, 0) is 10.0 Å². The predicted molar refractivity (Wildman–Crippen MR) is 119 cm³/mol. The number of aromatic nitrogens is 2. The number of ether oxygens (including phenoxy) is 2. The average Bonchev–Trinajstić information content (AvgIpc) is 2.76. The number of rotatable bonds is 7. The second kappa shape index (κ2) is 9.01. The largest absolute Gasteiger partial charge is 0.493 e. The molecule has 1 aliphatic rings. The van der Waals surface area contributed by atoms with Gasteiger partial charge in [-0.2, -0.15) is 22.5 Å². The number of alkyl halides is 3. The quantitative estimate of drug-likeness (QED) is 0.630. The molecule has 3 rings (SSSR count). The molecule has 184 valence electrons. The van der Waals surface area contributed by atoms with Crippen molar-refractivity contribution in [3.63, 3.8) is 0 Å². The summed E-state index contributed by atoms with van der Waals surface area (Å²) in [5.74, 6) is 0.968. The van der Waals surface area contributed by atoms with Crippen molar-refractivity contribution in [3.05, 3.63) is 12.1 Å². The SMILES string of the molecule is COc1cc2nc(N3CCN(S(=O)(=O)CCC(C)(C)C(F)(F)F)CC3)nc(N)c2cc1OC. The first-order chi connectivity index (χ1) is 15.3. The molecule has 1 saturated heterocycles. The number of nitrogen functional groups attached to an aromatic ring is 1. The van der Waals surface area contributed by atoms with Crippen LogP contribution < -0.4 is 20.1 Å². The summed E-state index contributed by atoms with van der Waals surface area (Å²) in [4.78, 5) is 10.7. The van der Waals surface area contributed by atoms with E-state index in [0.29, 0.717) is 28.4 Å². The zero-order chi connectivity index (χ0) is 24.6.